The second-order valence-corrected chi connectivity index (χ2v) is 14.7. The summed E-state index contributed by atoms with van der Waals surface area (Å²) in [5.74, 6) is 3.71. The van der Waals surface area contributed by atoms with Gasteiger partial charge >= 0.3 is 5.97 Å². The molecule has 47 heavy (non-hydrogen) atoms. The summed E-state index contributed by atoms with van der Waals surface area (Å²) >= 11 is 0. The van der Waals surface area contributed by atoms with Gasteiger partial charge in [-0.25, -0.2) is 4.79 Å². The van der Waals surface area contributed by atoms with Crippen molar-refractivity contribution in [1.29, 1.82) is 0 Å². The Morgan fingerprint density at radius 1 is 0.809 bits per heavy atom. The van der Waals surface area contributed by atoms with Crippen LogP contribution in [0.25, 0.3) is 0 Å². The van der Waals surface area contributed by atoms with Gasteiger partial charge in [0.15, 0.2) is 0 Å². The van der Waals surface area contributed by atoms with Gasteiger partial charge in [-0.1, -0.05) is 67.8 Å². The number of allylic oxidation sites excluding steroid dienone is 14. The molecule has 246 valence electrons. The van der Waals surface area contributed by atoms with Crippen molar-refractivity contribution in [1.82, 2.24) is 0 Å². The van der Waals surface area contributed by atoms with Crippen LogP contribution < -0.4 is 0 Å². The number of ether oxygens (including phenoxy) is 3. The summed E-state index contributed by atoms with van der Waals surface area (Å²) in [5.41, 5.74) is 5.47. The Bertz CT molecular complexity index is 1590. The number of carbonyl (C=O) groups is 1. The molecule has 4 heteroatoms. The molecular weight excluding hydrogens is 580 g/mol. The monoisotopic (exact) mass is 630 g/mol. The Labute approximate surface area is 281 Å². The van der Waals surface area contributed by atoms with E-state index < -0.39 is 0 Å². The maximum absolute atomic E-state index is 12.4. The Morgan fingerprint density at radius 2 is 1.47 bits per heavy atom. The van der Waals surface area contributed by atoms with Gasteiger partial charge in [-0.05, 0) is 130 Å². The molecule has 1 aliphatic heterocycles. The zero-order valence-electron chi connectivity index (χ0n) is 28.3. The Hall–Kier alpha value is -3.63. The summed E-state index contributed by atoms with van der Waals surface area (Å²) in [7, 11) is 0. The molecule has 1 fully saturated rings. The maximum atomic E-state index is 12.4. The van der Waals surface area contributed by atoms with Crippen molar-refractivity contribution in [2.75, 3.05) is 0 Å². The van der Waals surface area contributed by atoms with Gasteiger partial charge in [0.2, 0.25) is 0 Å². The van der Waals surface area contributed by atoms with Crippen LogP contribution in [0.5, 0.6) is 0 Å². The van der Waals surface area contributed by atoms with E-state index in [1.54, 1.807) is 6.92 Å². The highest BCUT2D eigenvalue weighted by molar-refractivity contribution is 5.88. The number of hydrogen-bond acceptors (Lipinski definition) is 4. The van der Waals surface area contributed by atoms with E-state index in [1.807, 2.05) is 13.0 Å². The molecule has 10 unspecified atom stereocenters. The summed E-state index contributed by atoms with van der Waals surface area (Å²) < 4.78 is 19.1. The molecule has 0 aromatic heterocycles. The molecule has 0 aromatic carbocycles. The number of carbonyl (C=O) groups excluding carboxylic acids is 1. The average molecular weight is 631 g/mol. The minimum absolute atomic E-state index is 0.0303. The third-order valence-electron chi connectivity index (χ3n) is 11.6. The van der Waals surface area contributed by atoms with Crippen LogP contribution in [0.3, 0.4) is 0 Å². The Morgan fingerprint density at radius 3 is 2.11 bits per heavy atom. The summed E-state index contributed by atoms with van der Waals surface area (Å²) in [6, 6.07) is 0. The highest BCUT2D eigenvalue weighted by Gasteiger charge is 2.54. The fourth-order valence-electron chi connectivity index (χ4n) is 9.01. The van der Waals surface area contributed by atoms with E-state index in [1.165, 1.54) is 42.4 Å². The molecule has 0 bridgehead atoms. The first-order valence-corrected chi connectivity index (χ1v) is 17.9. The zero-order valence-corrected chi connectivity index (χ0v) is 28.3. The second-order valence-electron chi connectivity index (χ2n) is 14.7. The first-order chi connectivity index (χ1) is 22.8. The highest BCUT2D eigenvalue weighted by atomic mass is 16.5. The quantitative estimate of drug-likeness (QED) is 0.160. The smallest absolute Gasteiger partial charge is 0.338 e. The van der Waals surface area contributed by atoms with Gasteiger partial charge in [-0.2, -0.15) is 0 Å². The molecule has 6 aliphatic carbocycles. The summed E-state index contributed by atoms with van der Waals surface area (Å²) in [5, 5.41) is 0. The molecule has 7 aliphatic rings. The van der Waals surface area contributed by atoms with Gasteiger partial charge in [0.05, 0.1) is 12.2 Å². The van der Waals surface area contributed by atoms with Crippen LogP contribution in [-0.4, -0.2) is 24.3 Å². The topological polar surface area (TPSA) is 44.8 Å². The van der Waals surface area contributed by atoms with Crippen molar-refractivity contribution in [3.8, 4) is 0 Å². The van der Waals surface area contributed by atoms with Crippen LogP contribution in [0, 0.1) is 41.4 Å². The second kappa shape index (κ2) is 13.5. The van der Waals surface area contributed by atoms with Crippen molar-refractivity contribution in [2.24, 2.45) is 41.4 Å². The standard InChI is InChI=1S/C43H50O4/c1-26(2)28(5)45-34-18-20-36-32(24-34)16-22-38-41(36)40(31-13-9-12-30(14-15-31)29-10-7-6-8-11-29)42-37-21-19-35(46-43(44)27(3)4)25-33(37)17-23-39(42)47-38/h7,10,13-21,24-25,28-30,36-42H,1,3,6,8-9,11-12,22-23H2,2,4-5H3. The van der Waals surface area contributed by atoms with Gasteiger partial charge < -0.3 is 14.2 Å². The van der Waals surface area contributed by atoms with Gasteiger partial charge in [0.25, 0.3) is 0 Å². The van der Waals surface area contributed by atoms with Gasteiger partial charge in [0, 0.05) is 29.2 Å². The Kier molecular flexibility index (Phi) is 9.16. The molecular formula is C43H50O4. The number of rotatable bonds is 7. The van der Waals surface area contributed by atoms with E-state index in [2.05, 4.69) is 93.0 Å². The molecule has 1 saturated heterocycles. The van der Waals surface area contributed by atoms with E-state index >= 15 is 0 Å². The van der Waals surface area contributed by atoms with Gasteiger partial charge in [-0.3, -0.25) is 0 Å². The van der Waals surface area contributed by atoms with Crippen molar-refractivity contribution in [3.63, 3.8) is 0 Å². The van der Waals surface area contributed by atoms with Crippen molar-refractivity contribution >= 4 is 5.97 Å². The lowest BCUT2D eigenvalue weighted by Crippen LogP contribution is -2.55. The fourth-order valence-corrected chi connectivity index (χ4v) is 9.01. The van der Waals surface area contributed by atoms with E-state index in [4.69, 9.17) is 14.2 Å². The third-order valence-corrected chi connectivity index (χ3v) is 11.6. The average Bonchev–Trinajstić information content (AvgIpc) is 3.33. The molecule has 0 radical (unpaired) electrons. The minimum Gasteiger partial charge on any atom is -0.486 e. The predicted molar refractivity (Wildman–Crippen MR) is 189 cm³/mol. The molecule has 0 N–H and O–H groups in total. The normalized spacial score (nSPS) is 36.0. The van der Waals surface area contributed by atoms with Crippen LogP contribution >= 0.6 is 0 Å². The van der Waals surface area contributed by atoms with Crippen LogP contribution in [0.2, 0.25) is 0 Å². The number of hydrogen-bond donors (Lipinski definition) is 0. The largest absolute Gasteiger partial charge is 0.486 e. The molecule has 0 amide bonds. The molecule has 0 aromatic rings. The SMILES string of the molecule is C=C(C)C(=O)OC1=CC2=CCC3OC4CC=C5C=C(OC(C)C(=C)C)C=CC5C4C(C4=CCCC(C5C=CCCC5)C=C4)C3C2C=C1. The van der Waals surface area contributed by atoms with E-state index in [-0.39, 0.29) is 42.0 Å². The zero-order chi connectivity index (χ0) is 32.7. The molecule has 0 spiro atoms. The fraction of sp³-hybridized carbons (Fsp3) is 0.465. The predicted octanol–water partition coefficient (Wildman–Crippen LogP) is 9.75. The van der Waals surface area contributed by atoms with Crippen LogP contribution in [0.1, 0.15) is 65.7 Å². The van der Waals surface area contributed by atoms with E-state index in [0.29, 0.717) is 35.0 Å². The van der Waals surface area contributed by atoms with Crippen LogP contribution in [-0.2, 0) is 19.0 Å². The van der Waals surface area contributed by atoms with Crippen LogP contribution in [0.15, 0.2) is 132 Å². The van der Waals surface area contributed by atoms with Gasteiger partial charge in [0.1, 0.15) is 17.6 Å². The van der Waals surface area contributed by atoms with Crippen molar-refractivity contribution in [3.05, 3.63) is 132 Å². The summed E-state index contributed by atoms with van der Waals surface area (Å²) in [4.78, 5) is 12.4. The van der Waals surface area contributed by atoms with E-state index in [9.17, 15) is 4.79 Å². The lowest BCUT2D eigenvalue weighted by atomic mass is 9.56. The molecule has 1 heterocycles. The van der Waals surface area contributed by atoms with E-state index in [0.717, 1.165) is 30.6 Å². The third kappa shape index (κ3) is 6.46. The highest BCUT2D eigenvalue weighted by Crippen LogP contribution is 2.56. The molecule has 7 rings (SSSR count). The maximum Gasteiger partial charge on any atom is 0.338 e. The number of esters is 1. The number of fused-ring (bicyclic) bond motifs is 6. The molecule has 10 atom stereocenters. The first-order valence-electron chi connectivity index (χ1n) is 17.9. The molecule has 4 nitrogen and oxygen atoms in total. The summed E-state index contributed by atoms with van der Waals surface area (Å²) in [6.45, 7) is 13.6. The van der Waals surface area contributed by atoms with Crippen LogP contribution in [0.4, 0.5) is 0 Å². The molecule has 0 saturated carbocycles. The van der Waals surface area contributed by atoms with Crippen molar-refractivity contribution in [2.45, 2.75) is 84.0 Å². The lowest BCUT2D eigenvalue weighted by molar-refractivity contribution is -0.153. The van der Waals surface area contributed by atoms with Crippen molar-refractivity contribution < 1.29 is 19.0 Å². The first kappa shape index (κ1) is 31.9. The summed E-state index contributed by atoms with van der Waals surface area (Å²) in [6.07, 6.45) is 38.5. The lowest BCUT2D eigenvalue weighted by Gasteiger charge is -2.55. The minimum atomic E-state index is -0.383. The van der Waals surface area contributed by atoms with Gasteiger partial charge in [-0.15, -0.1) is 0 Å². The Balaban J connectivity index is 1.23.